The molecule has 0 radical (unpaired) electrons. The van der Waals surface area contributed by atoms with Crippen LogP contribution >= 0.6 is 11.3 Å². The van der Waals surface area contributed by atoms with E-state index in [0.29, 0.717) is 10.6 Å². The molecule has 0 saturated heterocycles. The Morgan fingerprint density at radius 2 is 2.04 bits per heavy atom. The topological polar surface area (TPSA) is 109 Å². The van der Waals surface area contributed by atoms with Crippen molar-refractivity contribution in [2.24, 2.45) is 5.92 Å². The highest BCUT2D eigenvalue weighted by Crippen LogP contribution is 2.15. The molecule has 0 saturated carbocycles. The molecule has 3 N–H and O–H groups in total. The van der Waals surface area contributed by atoms with E-state index in [1.54, 1.807) is 24.4 Å². The maximum atomic E-state index is 12.4. The second-order valence-corrected chi connectivity index (χ2v) is 6.83. The van der Waals surface area contributed by atoms with Crippen molar-refractivity contribution >= 4 is 29.1 Å². The standard InChI is InChI=1S/C17H20N2O5S/c1-9(2)14(19-15(20)13-5-4-6-25-13)16(21)18-8-11-7-12(17(22)23)10(3)24-11/h4-7,9,14H,8H2,1-3H3,(H,18,21)(H,19,20)(H,22,23). The Morgan fingerprint density at radius 1 is 1.32 bits per heavy atom. The van der Waals surface area contributed by atoms with Gasteiger partial charge in [0.1, 0.15) is 23.1 Å². The lowest BCUT2D eigenvalue weighted by molar-refractivity contribution is -0.124. The molecule has 2 aromatic rings. The van der Waals surface area contributed by atoms with Crippen molar-refractivity contribution in [2.45, 2.75) is 33.4 Å². The summed E-state index contributed by atoms with van der Waals surface area (Å²) in [6.45, 7) is 5.26. The van der Waals surface area contributed by atoms with Crippen molar-refractivity contribution in [3.63, 3.8) is 0 Å². The number of thiophene rings is 1. The van der Waals surface area contributed by atoms with Crippen LogP contribution in [0.4, 0.5) is 0 Å². The molecule has 2 rings (SSSR count). The summed E-state index contributed by atoms with van der Waals surface area (Å²) in [5, 5.41) is 16.2. The minimum atomic E-state index is -1.08. The van der Waals surface area contributed by atoms with Gasteiger partial charge in [0.15, 0.2) is 0 Å². The van der Waals surface area contributed by atoms with Gasteiger partial charge < -0.3 is 20.2 Å². The van der Waals surface area contributed by atoms with Crippen LogP contribution in [0.15, 0.2) is 28.0 Å². The minimum Gasteiger partial charge on any atom is -0.478 e. The van der Waals surface area contributed by atoms with E-state index >= 15 is 0 Å². The fourth-order valence-corrected chi connectivity index (χ4v) is 2.91. The molecule has 0 aliphatic carbocycles. The molecule has 0 aromatic carbocycles. The van der Waals surface area contributed by atoms with Gasteiger partial charge in [-0.1, -0.05) is 19.9 Å². The quantitative estimate of drug-likeness (QED) is 0.699. The molecule has 0 fully saturated rings. The molecule has 25 heavy (non-hydrogen) atoms. The summed E-state index contributed by atoms with van der Waals surface area (Å²) >= 11 is 1.30. The van der Waals surface area contributed by atoms with Crippen molar-refractivity contribution < 1.29 is 23.9 Å². The monoisotopic (exact) mass is 364 g/mol. The lowest BCUT2D eigenvalue weighted by atomic mass is 10.0. The summed E-state index contributed by atoms with van der Waals surface area (Å²) in [7, 11) is 0. The van der Waals surface area contributed by atoms with Crippen LogP contribution in [0.2, 0.25) is 0 Å². The zero-order valence-electron chi connectivity index (χ0n) is 14.2. The summed E-state index contributed by atoms with van der Waals surface area (Å²) in [5.74, 6) is -1.23. The second-order valence-electron chi connectivity index (χ2n) is 5.88. The Balaban J connectivity index is 1.99. The van der Waals surface area contributed by atoms with Crippen LogP contribution in [0.1, 0.15) is 45.4 Å². The smallest absolute Gasteiger partial charge is 0.339 e. The van der Waals surface area contributed by atoms with E-state index in [9.17, 15) is 14.4 Å². The molecule has 2 aromatic heterocycles. The summed E-state index contributed by atoms with van der Waals surface area (Å²) in [6, 6.07) is 4.13. The predicted molar refractivity (Wildman–Crippen MR) is 92.7 cm³/mol. The van der Waals surface area contributed by atoms with Crippen molar-refractivity contribution in [2.75, 3.05) is 0 Å². The number of hydrogen-bond donors (Lipinski definition) is 3. The first-order valence-electron chi connectivity index (χ1n) is 7.74. The summed E-state index contributed by atoms with van der Waals surface area (Å²) in [4.78, 5) is 36.1. The molecule has 134 valence electrons. The van der Waals surface area contributed by atoms with Crippen LogP contribution in [0.25, 0.3) is 0 Å². The Labute approximate surface area is 149 Å². The van der Waals surface area contributed by atoms with Gasteiger partial charge in [0, 0.05) is 0 Å². The van der Waals surface area contributed by atoms with E-state index in [1.165, 1.54) is 17.4 Å². The largest absolute Gasteiger partial charge is 0.478 e. The molecule has 1 atom stereocenters. The van der Waals surface area contributed by atoms with Gasteiger partial charge in [-0.05, 0) is 30.4 Å². The highest BCUT2D eigenvalue weighted by molar-refractivity contribution is 7.12. The maximum Gasteiger partial charge on any atom is 0.339 e. The van der Waals surface area contributed by atoms with Gasteiger partial charge in [0.05, 0.1) is 11.4 Å². The van der Waals surface area contributed by atoms with Gasteiger partial charge in [0.25, 0.3) is 5.91 Å². The Hall–Kier alpha value is -2.61. The first-order valence-corrected chi connectivity index (χ1v) is 8.62. The molecular formula is C17H20N2O5S. The molecule has 1 unspecified atom stereocenters. The van der Waals surface area contributed by atoms with E-state index in [4.69, 9.17) is 9.52 Å². The highest BCUT2D eigenvalue weighted by Gasteiger charge is 2.25. The van der Waals surface area contributed by atoms with Gasteiger partial charge in [-0.2, -0.15) is 0 Å². The van der Waals surface area contributed by atoms with Crippen molar-refractivity contribution in [1.82, 2.24) is 10.6 Å². The first kappa shape index (κ1) is 18.7. The summed E-state index contributed by atoms with van der Waals surface area (Å²) < 4.78 is 5.33. The van der Waals surface area contributed by atoms with Crippen molar-refractivity contribution in [3.8, 4) is 0 Å². The lowest BCUT2D eigenvalue weighted by Gasteiger charge is -2.21. The van der Waals surface area contributed by atoms with E-state index in [1.807, 2.05) is 13.8 Å². The van der Waals surface area contributed by atoms with Crippen LogP contribution in [0.5, 0.6) is 0 Å². The SMILES string of the molecule is Cc1oc(CNC(=O)C(NC(=O)c2cccs2)C(C)C)cc1C(=O)O. The first-order chi connectivity index (χ1) is 11.8. The number of nitrogens with one attached hydrogen (secondary N) is 2. The highest BCUT2D eigenvalue weighted by atomic mass is 32.1. The van der Waals surface area contributed by atoms with Gasteiger partial charge in [-0.15, -0.1) is 11.3 Å². The molecule has 2 amide bonds. The van der Waals surface area contributed by atoms with E-state index < -0.39 is 12.0 Å². The minimum absolute atomic E-state index is 0.0467. The van der Waals surface area contributed by atoms with E-state index in [0.717, 1.165) is 0 Å². The van der Waals surface area contributed by atoms with Crippen molar-refractivity contribution in [1.29, 1.82) is 0 Å². The van der Waals surface area contributed by atoms with Gasteiger partial charge in [-0.25, -0.2) is 4.79 Å². The van der Waals surface area contributed by atoms with Crippen LogP contribution in [-0.2, 0) is 11.3 Å². The molecule has 8 heteroatoms. The normalized spacial score (nSPS) is 12.0. The molecular weight excluding hydrogens is 344 g/mol. The zero-order valence-corrected chi connectivity index (χ0v) is 15.0. The average Bonchev–Trinajstić information content (AvgIpc) is 3.19. The Bertz CT molecular complexity index is 764. The number of carboxylic acid groups (broad SMARTS) is 1. The molecule has 0 aliphatic rings. The van der Waals surface area contributed by atoms with E-state index in [2.05, 4.69) is 10.6 Å². The zero-order chi connectivity index (χ0) is 18.6. The Kier molecular flexibility index (Phi) is 5.97. The number of aryl methyl sites for hydroxylation is 1. The molecule has 0 spiro atoms. The van der Waals surface area contributed by atoms with Gasteiger partial charge >= 0.3 is 5.97 Å². The number of rotatable bonds is 7. The number of amides is 2. The summed E-state index contributed by atoms with van der Waals surface area (Å²) in [6.07, 6.45) is 0. The van der Waals surface area contributed by atoms with Gasteiger partial charge in [0.2, 0.25) is 5.91 Å². The number of carbonyl (C=O) groups excluding carboxylic acids is 2. The van der Waals surface area contributed by atoms with Crippen LogP contribution in [0, 0.1) is 12.8 Å². The van der Waals surface area contributed by atoms with Crippen molar-refractivity contribution in [3.05, 3.63) is 45.5 Å². The third-order valence-corrected chi connectivity index (χ3v) is 4.49. The number of aromatic carboxylic acids is 1. The van der Waals surface area contributed by atoms with Crippen LogP contribution in [-0.4, -0.2) is 28.9 Å². The molecule has 2 heterocycles. The third kappa shape index (κ3) is 4.69. The number of carboxylic acids is 1. The summed E-state index contributed by atoms with van der Waals surface area (Å²) in [5.41, 5.74) is 0.0654. The molecule has 0 aliphatic heterocycles. The molecule has 7 nitrogen and oxygen atoms in total. The van der Waals surface area contributed by atoms with Crippen LogP contribution < -0.4 is 10.6 Å². The van der Waals surface area contributed by atoms with Gasteiger partial charge in [-0.3, -0.25) is 9.59 Å². The third-order valence-electron chi connectivity index (χ3n) is 3.62. The number of hydrogen-bond acceptors (Lipinski definition) is 5. The average molecular weight is 364 g/mol. The second kappa shape index (κ2) is 7.98. The predicted octanol–water partition coefficient (Wildman–Crippen LogP) is 2.42. The Morgan fingerprint density at radius 3 is 2.56 bits per heavy atom. The number of furan rings is 1. The fourth-order valence-electron chi connectivity index (χ4n) is 2.28. The fraction of sp³-hybridized carbons (Fsp3) is 0.353. The van der Waals surface area contributed by atoms with E-state index in [-0.39, 0.29) is 35.6 Å². The molecule has 0 bridgehead atoms. The number of carbonyl (C=O) groups is 3. The van der Waals surface area contributed by atoms with Crippen LogP contribution in [0.3, 0.4) is 0 Å². The lowest BCUT2D eigenvalue weighted by Crippen LogP contribution is -2.49. The maximum absolute atomic E-state index is 12.4.